The smallest absolute Gasteiger partial charge is 0.203 e. The molecule has 0 spiro atoms. The first-order valence-electron chi connectivity index (χ1n) is 11.2. The van der Waals surface area contributed by atoms with Gasteiger partial charge in [-0.2, -0.15) is 0 Å². The molecule has 2 nitrogen and oxygen atoms in total. The van der Waals surface area contributed by atoms with E-state index in [1.807, 2.05) is 0 Å². The Morgan fingerprint density at radius 2 is 1.68 bits per heavy atom. The van der Waals surface area contributed by atoms with Crippen molar-refractivity contribution in [2.24, 2.45) is 5.92 Å². The molecule has 2 aliphatic carbocycles. The largest absolute Gasteiger partial charge is 0.465 e. The SMILES string of the molecule is CCC(C)c1ccc(OC(OC2CCc3ccccc32)C2CCCCC2)cc1. The Bertz CT molecular complexity index is 745. The average Bonchev–Trinajstić information content (AvgIpc) is 3.17. The fourth-order valence-corrected chi connectivity index (χ4v) is 4.71. The fourth-order valence-electron chi connectivity index (χ4n) is 4.71. The Morgan fingerprint density at radius 3 is 2.43 bits per heavy atom. The van der Waals surface area contributed by atoms with Crippen LogP contribution in [0.5, 0.6) is 5.75 Å². The van der Waals surface area contributed by atoms with Crippen LogP contribution in [-0.2, 0) is 11.2 Å². The van der Waals surface area contributed by atoms with E-state index >= 15 is 0 Å². The summed E-state index contributed by atoms with van der Waals surface area (Å²) >= 11 is 0. The third-order valence-electron chi connectivity index (χ3n) is 6.72. The van der Waals surface area contributed by atoms with Crippen molar-refractivity contribution in [3.63, 3.8) is 0 Å². The molecule has 0 aromatic heterocycles. The quantitative estimate of drug-likeness (QED) is 0.475. The van der Waals surface area contributed by atoms with Crippen molar-refractivity contribution >= 4 is 0 Å². The fraction of sp³-hybridized carbons (Fsp3) is 0.538. The van der Waals surface area contributed by atoms with E-state index in [-0.39, 0.29) is 12.4 Å². The van der Waals surface area contributed by atoms with Crippen molar-refractivity contribution < 1.29 is 9.47 Å². The normalized spacial score (nSPS) is 21.9. The Kier molecular flexibility index (Phi) is 6.36. The van der Waals surface area contributed by atoms with Gasteiger partial charge in [0.05, 0.1) is 6.10 Å². The lowest BCUT2D eigenvalue weighted by Crippen LogP contribution is -2.32. The number of rotatable bonds is 7. The molecule has 2 aromatic rings. The predicted molar refractivity (Wildman–Crippen MR) is 115 cm³/mol. The second-order valence-corrected chi connectivity index (χ2v) is 8.62. The minimum Gasteiger partial charge on any atom is -0.465 e. The molecule has 0 bridgehead atoms. The highest BCUT2D eigenvalue weighted by molar-refractivity contribution is 5.33. The highest BCUT2D eigenvalue weighted by atomic mass is 16.7. The van der Waals surface area contributed by atoms with Gasteiger partial charge in [0, 0.05) is 5.92 Å². The zero-order valence-corrected chi connectivity index (χ0v) is 17.4. The summed E-state index contributed by atoms with van der Waals surface area (Å²) in [5, 5.41) is 0. The van der Waals surface area contributed by atoms with Gasteiger partial charge in [-0.25, -0.2) is 0 Å². The van der Waals surface area contributed by atoms with E-state index in [0.29, 0.717) is 11.8 Å². The van der Waals surface area contributed by atoms with Crippen molar-refractivity contribution in [2.45, 2.75) is 83.5 Å². The Balaban J connectivity index is 1.49. The molecule has 0 radical (unpaired) electrons. The third-order valence-corrected chi connectivity index (χ3v) is 6.72. The van der Waals surface area contributed by atoms with Gasteiger partial charge in [-0.1, -0.05) is 69.5 Å². The molecule has 3 atom stereocenters. The van der Waals surface area contributed by atoms with Crippen LogP contribution in [-0.4, -0.2) is 6.29 Å². The van der Waals surface area contributed by atoms with E-state index in [1.165, 1.54) is 48.8 Å². The molecule has 28 heavy (non-hydrogen) atoms. The van der Waals surface area contributed by atoms with Gasteiger partial charge in [0.25, 0.3) is 0 Å². The van der Waals surface area contributed by atoms with Crippen molar-refractivity contribution in [1.82, 2.24) is 0 Å². The predicted octanol–water partition coefficient (Wildman–Crippen LogP) is 7.19. The van der Waals surface area contributed by atoms with Gasteiger partial charge in [0.15, 0.2) is 0 Å². The molecule has 0 saturated heterocycles. The van der Waals surface area contributed by atoms with Gasteiger partial charge < -0.3 is 9.47 Å². The molecule has 2 aromatic carbocycles. The molecule has 2 heteroatoms. The molecule has 1 saturated carbocycles. The maximum Gasteiger partial charge on any atom is 0.203 e. The summed E-state index contributed by atoms with van der Waals surface area (Å²) in [4.78, 5) is 0. The van der Waals surface area contributed by atoms with Gasteiger partial charge in [-0.3, -0.25) is 0 Å². The first kappa shape index (κ1) is 19.5. The topological polar surface area (TPSA) is 18.5 Å². The summed E-state index contributed by atoms with van der Waals surface area (Å²) in [5.41, 5.74) is 4.18. The van der Waals surface area contributed by atoms with Gasteiger partial charge in [0.2, 0.25) is 6.29 Å². The second kappa shape index (κ2) is 9.13. The molecule has 0 aliphatic heterocycles. The number of hydrogen-bond donors (Lipinski definition) is 0. The first-order valence-corrected chi connectivity index (χ1v) is 11.2. The van der Waals surface area contributed by atoms with Crippen LogP contribution in [0.15, 0.2) is 48.5 Å². The number of aryl methyl sites for hydroxylation is 1. The van der Waals surface area contributed by atoms with E-state index in [9.17, 15) is 0 Å². The lowest BCUT2D eigenvalue weighted by molar-refractivity contribution is -0.156. The Morgan fingerprint density at radius 1 is 0.929 bits per heavy atom. The standard InChI is InChI=1S/C26H34O2/c1-3-19(2)20-13-16-23(17-14-20)27-26(22-10-5-4-6-11-22)28-25-18-15-21-9-7-8-12-24(21)25/h7-9,12-14,16-17,19,22,25-26H,3-6,10-11,15,18H2,1-2H3. The number of fused-ring (bicyclic) bond motifs is 1. The number of ether oxygens (including phenoxy) is 2. The monoisotopic (exact) mass is 378 g/mol. The molecule has 0 heterocycles. The molecule has 0 N–H and O–H groups in total. The summed E-state index contributed by atoms with van der Waals surface area (Å²) in [7, 11) is 0. The molecule has 3 unspecified atom stereocenters. The lowest BCUT2D eigenvalue weighted by Gasteiger charge is -2.32. The summed E-state index contributed by atoms with van der Waals surface area (Å²) in [5.74, 6) is 2.03. The Labute approximate surface area is 170 Å². The van der Waals surface area contributed by atoms with Crippen LogP contribution in [0.4, 0.5) is 0 Å². The maximum atomic E-state index is 6.66. The lowest BCUT2D eigenvalue weighted by atomic mass is 9.88. The van der Waals surface area contributed by atoms with Crippen molar-refractivity contribution in [3.8, 4) is 5.75 Å². The van der Waals surface area contributed by atoms with Gasteiger partial charge in [0.1, 0.15) is 5.75 Å². The Hall–Kier alpha value is -1.80. The average molecular weight is 379 g/mol. The minimum atomic E-state index is -0.147. The van der Waals surface area contributed by atoms with Crippen LogP contribution in [0.1, 0.15) is 87.5 Å². The van der Waals surface area contributed by atoms with Gasteiger partial charge in [-0.05, 0) is 66.8 Å². The molecular weight excluding hydrogens is 344 g/mol. The van der Waals surface area contributed by atoms with Crippen LogP contribution in [0.25, 0.3) is 0 Å². The van der Waals surface area contributed by atoms with E-state index in [4.69, 9.17) is 9.47 Å². The molecule has 150 valence electrons. The minimum absolute atomic E-state index is 0.147. The van der Waals surface area contributed by atoms with E-state index < -0.39 is 0 Å². The van der Waals surface area contributed by atoms with E-state index in [0.717, 1.165) is 25.0 Å². The number of hydrogen-bond acceptors (Lipinski definition) is 2. The van der Waals surface area contributed by atoms with Gasteiger partial charge >= 0.3 is 0 Å². The summed E-state index contributed by atoms with van der Waals surface area (Å²) in [6.45, 7) is 4.52. The summed E-state index contributed by atoms with van der Waals surface area (Å²) < 4.78 is 13.1. The molecule has 1 fully saturated rings. The van der Waals surface area contributed by atoms with Gasteiger partial charge in [-0.15, -0.1) is 0 Å². The van der Waals surface area contributed by atoms with Crippen molar-refractivity contribution in [2.75, 3.05) is 0 Å². The molecule has 0 amide bonds. The van der Waals surface area contributed by atoms with Crippen LogP contribution in [0, 0.1) is 5.92 Å². The molecule has 4 rings (SSSR count). The first-order chi connectivity index (χ1) is 13.7. The van der Waals surface area contributed by atoms with Crippen LogP contribution in [0.2, 0.25) is 0 Å². The van der Waals surface area contributed by atoms with Crippen molar-refractivity contribution in [3.05, 3.63) is 65.2 Å². The van der Waals surface area contributed by atoms with Crippen LogP contribution in [0.3, 0.4) is 0 Å². The van der Waals surface area contributed by atoms with Crippen molar-refractivity contribution in [1.29, 1.82) is 0 Å². The van der Waals surface area contributed by atoms with E-state index in [2.05, 4.69) is 62.4 Å². The summed E-state index contributed by atoms with van der Waals surface area (Å²) in [6.07, 6.45) is 9.72. The maximum absolute atomic E-state index is 6.66. The third kappa shape index (κ3) is 4.43. The van der Waals surface area contributed by atoms with E-state index in [1.54, 1.807) is 0 Å². The molecule has 2 aliphatic rings. The number of benzene rings is 2. The highest BCUT2D eigenvalue weighted by Gasteiger charge is 2.32. The second-order valence-electron chi connectivity index (χ2n) is 8.62. The summed E-state index contributed by atoms with van der Waals surface area (Å²) in [6, 6.07) is 17.4. The zero-order chi connectivity index (χ0) is 19.3. The van der Waals surface area contributed by atoms with Crippen LogP contribution < -0.4 is 4.74 Å². The van der Waals surface area contributed by atoms with Crippen LogP contribution >= 0.6 is 0 Å². The zero-order valence-electron chi connectivity index (χ0n) is 17.4. The highest BCUT2D eigenvalue weighted by Crippen LogP contribution is 2.38. The molecular formula is C26H34O2.